The Bertz CT molecular complexity index is 535. The largest absolute Gasteiger partial charge is 0.454 e. The Morgan fingerprint density at radius 1 is 1.15 bits per heavy atom. The van der Waals surface area contributed by atoms with Crippen LogP contribution < -0.4 is 9.47 Å². The summed E-state index contributed by atoms with van der Waals surface area (Å²) in [6, 6.07) is 5.13. The number of ether oxygens (including phenoxy) is 2. The minimum atomic E-state index is -1.06. The molecule has 3 rings (SSSR count). The molecular formula is C15H18O4S. The summed E-state index contributed by atoms with van der Waals surface area (Å²) in [6.07, 6.45) is 5.47. The number of benzene rings is 1. The number of hydrogen-bond donors (Lipinski definition) is 0. The van der Waals surface area contributed by atoms with Gasteiger partial charge in [0.1, 0.15) is 0 Å². The van der Waals surface area contributed by atoms with Crippen LogP contribution in [-0.2, 0) is 10.8 Å². The van der Waals surface area contributed by atoms with Crippen molar-refractivity contribution >= 4 is 16.6 Å². The number of Topliss-reactive ketones (excluding diaryl/α,β-unsaturated/α-hetero) is 1. The average molecular weight is 294 g/mol. The van der Waals surface area contributed by atoms with Gasteiger partial charge in [0.15, 0.2) is 17.3 Å². The minimum Gasteiger partial charge on any atom is -0.454 e. The Labute approximate surface area is 120 Å². The summed E-state index contributed by atoms with van der Waals surface area (Å²) >= 11 is 0. The quantitative estimate of drug-likeness (QED) is 0.801. The van der Waals surface area contributed by atoms with Crippen LogP contribution in [0.4, 0.5) is 0 Å². The van der Waals surface area contributed by atoms with Crippen molar-refractivity contribution in [1.29, 1.82) is 0 Å². The molecule has 1 saturated carbocycles. The van der Waals surface area contributed by atoms with Gasteiger partial charge in [0.05, 0.1) is 5.75 Å². The van der Waals surface area contributed by atoms with Gasteiger partial charge in [0, 0.05) is 21.6 Å². The fourth-order valence-corrected chi connectivity index (χ4v) is 4.25. The summed E-state index contributed by atoms with van der Waals surface area (Å²) < 4.78 is 22.7. The van der Waals surface area contributed by atoms with Gasteiger partial charge in [-0.1, -0.05) is 19.3 Å². The molecule has 1 unspecified atom stereocenters. The highest BCUT2D eigenvalue weighted by molar-refractivity contribution is 7.86. The van der Waals surface area contributed by atoms with E-state index in [-0.39, 0.29) is 23.6 Å². The van der Waals surface area contributed by atoms with Crippen LogP contribution in [0, 0.1) is 0 Å². The second kappa shape index (κ2) is 5.95. The topological polar surface area (TPSA) is 52.6 Å². The van der Waals surface area contributed by atoms with E-state index in [1.807, 2.05) is 0 Å². The fraction of sp³-hybridized carbons (Fsp3) is 0.533. The van der Waals surface area contributed by atoms with Crippen molar-refractivity contribution < 1.29 is 18.5 Å². The molecule has 0 amide bonds. The van der Waals surface area contributed by atoms with Gasteiger partial charge in [-0.15, -0.1) is 0 Å². The summed E-state index contributed by atoms with van der Waals surface area (Å²) in [5, 5.41) is 0.196. The predicted molar refractivity (Wildman–Crippen MR) is 76.8 cm³/mol. The molecule has 1 atom stereocenters. The zero-order valence-corrected chi connectivity index (χ0v) is 12.1. The fourth-order valence-electron chi connectivity index (χ4n) is 2.73. The molecule has 1 aromatic carbocycles. The molecule has 108 valence electrons. The van der Waals surface area contributed by atoms with Crippen molar-refractivity contribution in [2.24, 2.45) is 0 Å². The molecule has 2 aliphatic rings. The third kappa shape index (κ3) is 2.87. The number of fused-ring (bicyclic) bond motifs is 1. The van der Waals surface area contributed by atoms with Gasteiger partial charge in [-0.3, -0.25) is 9.00 Å². The monoisotopic (exact) mass is 294 g/mol. The first-order valence-electron chi connectivity index (χ1n) is 7.04. The van der Waals surface area contributed by atoms with Crippen molar-refractivity contribution in [3.8, 4) is 11.5 Å². The van der Waals surface area contributed by atoms with E-state index in [1.165, 1.54) is 6.42 Å². The lowest BCUT2D eigenvalue weighted by molar-refractivity contribution is 0.102. The lowest BCUT2D eigenvalue weighted by Crippen LogP contribution is -2.24. The van der Waals surface area contributed by atoms with Crippen LogP contribution in [0.2, 0.25) is 0 Å². The van der Waals surface area contributed by atoms with E-state index in [2.05, 4.69) is 0 Å². The van der Waals surface area contributed by atoms with Gasteiger partial charge in [0.25, 0.3) is 0 Å². The van der Waals surface area contributed by atoms with E-state index in [0.29, 0.717) is 17.1 Å². The van der Waals surface area contributed by atoms with Crippen LogP contribution >= 0.6 is 0 Å². The molecular weight excluding hydrogens is 276 g/mol. The summed E-state index contributed by atoms with van der Waals surface area (Å²) in [7, 11) is -1.06. The van der Waals surface area contributed by atoms with Crippen LogP contribution in [0.15, 0.2) is 18.2 Å². The Hall–Kier alpha value is -1.36. The molecule has 0 radical (unpaired) electrons. The van der Waals surface area contributed by atoms with Gasteiger partial charge in [-0.2, -0.15) is 0 Å². The molecule has 4 nitrogen and oxygen atoms in total. The Balaban J connectivity index is 1.65. The third-order valence-corrected chi connectivity index (χ3v) is 5.65. The molecule has 20 heavy (non-hydrogen) atoms. The summed E-state index contributed by atoms with van der Waals surface area (Å²) in [5.74, 6) is 1.30. The zero-order valence-electron chi connectivity index (χ0n) is 11.3. The van der Waals surface area contributed by atoms with Crippen molar-refractivity contribution in [1.82, 2.24) is 0 Å². The maximum absolute atomic E-state index is 12.2. The molecule has 1 aliphatic carbocycles. The number of hydrogen-bond acceptors (Lipinski definition) is 4. The van der Waals surface area contributed by atoms with Crippen molar-refractivity contribution in [2.75, 3.05) is 12.5 Å². The Morgan fingerprint density at radius 2 is 1.90 bits per heavy atom. The zero-order chi connectivity index (χ0) is 13.9. The van der Waals surface area contributed by atoms with Crippen LogP contribution in [0.25, 0.3) is 0 Å². The second-order valence-corrected chi connectivity index (χ2v) is 6.99. The molecule has 1 aliphatic heterocycles. The molecule has 0 bridgehead atoms. The maximum atomic E-state index is 12.2. The molecule has 0 aromatic heterocycles. The smallest absolute Gasteiger partial charge is 0.231 e. The highest BCUT2D eigenvalue weighted by Gasteiger charge is 2.23. The molecule has 1 fully saturated rings. The van der Waals surface area contributed by atoms with Gasteiger partial charge >= 0.3 is 0 Å². The summed E-state index contributed by atoms with van der Waals surface area (Å²) in [4.78, 5) is 12.2. The SMILES string of the molecule is O=C(CS(=O)C1CCCCC1)c1ccc2c(c1)OCO2. The highest BCUT2D eigenvalue weighted by Crippen LogP contribution is 2.32. The van der Waals surface area contributed by atoms with Gasteiger partial charge in [-0.05, 0) is 31.0 Å². The van der Waals surface area contributed by atoms with E-state index < -0.39 is 10.8 Å². The highest BCUT2D eigenvalue weighted by atomic mass is 32.2. The predicted octanol–water partition coefficient (Wildman–Crippen LogP) is 2.68. The Morgan fingerprint density at radius 3 is 2.70 bits per heavy atom. The van der Waals surface area contributed by atoms with E-state index in [9.17, 15) is 9.00 Å². The molecule has 1 aromatic rings. The van der Waals surface area contributed by atoms with Crippen LogP contribution in [0.1, 0.15) is 42.5 Å². The first-order chi connectivity index (χ1) is 9.74. The number of rotatable bonds is 4. The van der Waals surface area contributed by atoms with Crippen LogP contribution in [0.5, 0.6) is 11.5 Å². The standard InChI is InChI=1S/C15H18O4S/c16-13(9-20(17)12-4-2-1-3-5-12)11-6-7-14-15(8-11)19-10-18-14/h6-8,12H,1-5,9-10H2. The molecule has 1 heterocycles. The molecule has 0 spiro atoms. The van der Waals surface area contributed by atoms with E-state index in [0.717, 1.165) is 25.7 Å². The molecule has 5 heteroatoms. The van der Waals surface area contributed by atoms with Gasteiger partial charge < -0.3 is 9.47 Å². The summed E-state index contributed by atoms with van der Waals surface area (Å²) in [5.41, 5.74) is 0.554. The summed E-state index contributed by atoms with van der Waals surface area (Å²) in [6.45, 7) is 0.195. The van der Waals surface area contributed by atoms with Gasteiger partial charge in [0.2, 0.25) is 6.79 Å². The van der Waals surface area contributed by atoms with Crippen molar-refractivity contribution in [2.45, 2.75) is 37.4 Å². The first-order valence-corrected chi connectivity index (χ1v) is 8.42. The van der Waals surface area contributed by atoms with E-state index >= 15 is 0 Å². The normalized spacial score (nSPS) is 19.8. The third-order valence-electron chi connectivity index (χ3n) is 3.89. The number of ketones is 1. The van der Waals surface area contributed by atoms with Crippen LogP contribution in [0.3, 0.4) is 0 Å². The van der Waals surface area contributed by atoms with Crippen molar-refractivity contribution in [3.63, 3.8) is 0 Å². The minimum absolute atomic E-state index is 0.0767. The van der Waals surface area contributed by atoms with E-state index in [4.69, 9.17) is 9.47 Å². The number of carbonyl (C=O) groups excluding carboxylic acids is 1. The lowest BCUT2D eigenvalue weighted by atomic mass is 10.0. The number of carbonyl (C=O) groups is 1. The Kier molecular flexibility index (Phi) is 4.05. The average Bonchev–Trinajstić information content (AvgIpc) is 2.95. The lowest BCUT2D eigenvalue weighted by Gasteiger charge is -2.20. The van der Waals surface area contributed by atoms with E-state index in [1.54, 1.807) is 18.2 Å². The molecule has 0 N–H and O–H groups in total. The molecule has 0 saturated heterocycles. The first kappa shape index (κ1) is 13.6. The van der Waals surface area contributed by atoms with Crippen LogP contribution in [-0.4, -0.2) is 27.8 Å². The second-order valence-electron chi connectivity index (χ2n) is 5.28. The van der Waals surface area contributed by atoms with Crippen molar-refractivity contribution in [3.05, 3.63) is 23.8 Å². The maximum Gasteiger partial charge on any atom is 0.231 e. The van der Waals surface area contributed by atoms with Gasteiger partial charge in [-0.25, -0.2) is 0 Å².